The molecule has 0 radical (unpaired) electrons. The van der Waals surface area contributed by atoms with E-state index in [2.05, 4.69) is 10.2 Å². The molecule has 0 aliphatic heterocycles. The summed E-state index contributed by atoms with van der Waals surface area (Å²) < 4.78 is 16.4. The summed E-state index contributed by atoms with van der Waals surface area (Å²) in [6.45, 7) is 1.39. The summed E-state index contributed by atoms with van der Waals surface area (Å²) in [5, 5.41) is 2.90. The second-order valence-electron chi connectivity index (χ2n) is 7.18. The maximum atomic E-state index is 12.4. The molecule has 162 valence electrons. The fraction of sp³-hybridized carbons (Fsp3) is 0.240. The van der Waals surface area contributed by atoms with Crippen molar-refractivity contribution in [3.63, 3.8) is 0 Å². The highest BCUT2D eigenvalue weighted by molar-refractivity contribution is 6.04. The highest BCUT2D eigenvalue weighted by Crippen LogP contribution is 2.40. The number of benzene rings is 3. The van der Waals surface area contributed by atoms with Crippen molar-refractivity contribution in [3.05, 3.63) is 83.4 Å². The zero-order valence-electron chi connectivity index (χ0n) is 18.3. The second kappa shape index (κ2) is 10.5. The molecular formula is C25H28N2O4. The Bertz CT molecular complexity index is 1000. The lowest BCUT2D eigenvalue weighted by atomic mass is 10.1. The third kappa shape index (κ3) is 5.55. The number of anilines is 1. The van der Waals surface area contributed by atoms with Gasteiger partial charge in [0.15, 0.2) is 11.5 Å². The van der Waals surface area contributed by atoms with Crippen molar-refractivity contribution >= 4 is 11.6 Å². The Morgan fingerprint density at radius 2 is 1.48 bits per heavy atom. The van der Waals surface area contributed by atoms with Gasteiger partial charge in [-0.3, -0.25) is 9.69 Å². The van der Waals surface area contributed by atoms with Crippen LogP contribution in [0.2, 0.25) is 0 Å². The van der Waals surface area contributed by atoms with Crippen LogP contribution in [0.25, 0.3) is 0 Å². The minimum Gasteiger partial charge on any atom is -0.493 e. The van der Waals surface area contributed by atoms with Crippen molar-refractivity contribution < 1.29 is 19.0 Å². The first-order chi connectivity index (χ1) is 15.0. The van der Waals surface area contributed by atoms with Gasteiger partial charge >= 0.3 is 0 Å². The van der Waals surface area contributed by atoms with E-state index in [0.717, 1.165) is 23.4 Å². The van der Waals surface area contributed by atoms with E-state index in [1.807, 2.05) is 73.8 Å². The fourth-order valence-electron chi connectivity index (χ4n) is 3.43. The predicted molar refractivity (Wildman–Crippen MR) is 122 cm³/mol. The second-order valence-corrected chi connectivity index (χ2v) is 7.18. The van der Waals surface area contributed by atoms with Gasteiger partial charge in [0.05, 0.1) is 21.3 Å². The molecule has 0 saturated heterocycles. The van der Waals surface area contributed by atoms with Crippen molar-refractivity contribution in [1.29, 1.82) is 0 Å². The number of methoxy groups -OCH3 is 3. The Hall–Kier alpha value is -3.51. The first-order valence-corrected chi connectivity index (χ1v) is 9.97. The maximum absolute atomic E-state index is 12.4. The van der Waals surface area contributed by atoms with Crippen LogP contribution >= 0.6 is 0 Å². The van der Waals surface area contributed by atoms with Gasteiger partial charge in [0.25, 0.3) is 5.91 Å². The van der Waals surface area contributed by atoms with Crippen LogP contribution in [0.4, 0.5) is 5.69 Å². The van der Waals surface area contributed by atoms with Crippen LogP contribution in [-0.2, 0) is 13.1 Å². The normalized spacial score (nSPS) is 10.6. The van der Waals surface area contributed by atoms with E-state index in [-0.39, 0.29) is 5.91 Å². The highest BCUT2D eigenvalue weighted by Gasteiger charge is 2.17. The Labute approximate surface area is 183 Å². The van der Waals surface area contributed by atoms with E-state index < -0.39 is 0 Å². The number of ether oxygens (including phenoxy) is 3. The van der Waals surface area contributed by atoms with Crippen molar-refractivity contribution in [2.45, 2.75) is 13.1 Å². The molecular weight excluding hydrogens is 392 g/mol. The quantitative estimate of drug-likeness (QED) is 0.548. The molecule has 3 aromatic rings. The first-order valence-electron chi connectivity index (χ1n) is 9.97. The number of hydrogen-bond acceptors (Lipinski definition) is 5. The third-order valence-electron chi connectivity index (χ3n) is 4.93. The van der Waals surface area contributed by atoms with Gasteiger partial charge in [-0.1, -0.05) is 36.4 Å². The van der Waals surface area contributed by atoms with Crippen molar-refractivity contribution in [1.82, 2.24) is 4.90 Å². The van der Waals surface area contributed by atoms with E-state index >= 15 is 0 Å². The summed E-state index contributed by atoms with van der Waals surface area (Å²) in [5.74, 6) is 1.77. The SMILES string of the molecule is COc1ccc(CN(C)Cc2ccc(C(=O)Nc3ccccc3)cc2)c(OC)c1OC. The van der Waals surface area contributed by atoms with Crippen LogP contribution in [-0.4, -0.2) is 39.2 Å². The van der Waals surface area contributed by atoms with Gasteiger partial charge in [-0.2, -0.15) is 0 Å². The number of carbonyl (C=O) groups is 1. The third-order valence-corrected chi connectivity index (χ3v) is 4.93. The molecule has 0 heterocycles. The lowest BCUT2D eigenvalue weighted by molar-refractivity contribution is 0.102. The molecule has 6 heteroatoms. The van der Waals surface area contributed by atoms with Crippen LogP contribution in [0.1, 0.15) is 21.5 Å². The zero-order chi connectivity index (χ0) is 22.2. The Morgan fingerprint density at radius 3 is 2.10 bits per heavy atom. The molecule has 0 bridgehead atoms. The number of hydrogen-bond donors (Lipinski definition) is 1. The van der Waals surface area contributed by atoms with Crippen molar-refractivity contribution in [2.24, 2.45) is 0 Å². The molecule has 0 aliphatic carbocycles. The smallest absolute Gasteiger partial charge is 0.255 e. The predicted octanol–water partition coefficient (Wildman–Crippen LogP) is 4.60. The average molecular weight is 421 g/mol. The van der Waals surface area contributed by atoms with Gasteiger partial charge in [-0.25, -0.2) is 0 Å². The lowest BCUT2D eigenvalue weighted by Crippen LogP contribution is -2.18. The van der Waals surface area contributed by atoms with Crippen LogP contribution < -0.4 is 19.5 Å². The van der Waals surface area contributed by atoms with Gasteiger partial charge in [0, 0.05) is 29.9 Å². The molecule has 0 unspecified atom stereocenters. The molecule has 0 fully saturated rings. The van der Waals surface area contributed by atoms with E-state index in [1.54, 1.807) is 21.3 Å². The summed E-state index contributed by atoms with van der Waals surface area (Å²) in [4.78, 5) is 14.6. The number of nitrogens with one attached hydrogen (secondary N) is 1. The Morgan fingerprint density at radius 1 is 0.806 bits per heavy atom. The molecule has 0 aromatic heterocycles. The number of carbonyl (C=O) groups excluding carboxylic acids is 1. The summed E-state index contributed by atoms with van der Waals surface area (Å²) in [5.41, 5.74) is 3.51. The van der Waals surface area contributed by atoms with Gasteiger partial charge < -0.3 is 19.5 Å². The van der Waals surface area contributed by atoms with Crippen LogP contribution in [0.3, 0.4) is 0 Å². The summed E-state index contributed by atoms with van der Waals surface area (Å²) in [6.07, 6.45) is 0. The van der Waals surface area contributed by atoms with Crippen LogP contribution in [0, 0.1) is 0 Å². The number of nitrogens with zero attached hydrogens (tertiary/aromatic N) is 1. The Balaban J connectivity index is 1.65. The average Bonchev–Trinajstić information content (AvgIpc) is 2.79. The molecule has 0 aliphatic rings. The molecule has 3 aromatic carbocycles. The molecule has 1 N–H and O–H groups in total. The molecule has 1 amide bonds. The van der Waals surface area contributed by atoms with Crippen molar-refractivity contribution in [2.75, 3.05) is 33.7 Å². The molecule has 6 nitrogen and oxygen atoms in total. The van der Waals surface area contributed by atoms with E-state index in [0.29, 0.717) is 29.4 Å². The van der Waals surface area contributed by atoms with E-state index in [9.17, 15) is 4.79 Å². The van der Waals surface area contributed by atoms with Gasteiger partial charge in [-0.15, -0.1) is 0 Å². The molecule has 31 heavy (non-hydrogen) atoms. The fourth-order valence-corrected chi connectivity index (χ4v) is 3.43. The summed E-state index contributed by atoms with van der Waals surface area (Å²) >= 11 is 0. The lowest BCUT2D eigenvalue weighted by Gasteiger charge is -2.21. The van der Waals surface area contributed by atoms with Gasteiger partial charge in [0.1, 0.15) is 0 Å². The largest absolute Gasteiger partial charge is 0.493 e. The first kappa shape index (κ1) is 22.2. The molecule has 0 atom stereocenters. The van der Waals surface area contributed by atoms with Crippen LogP contribution in [0.15, 0.2) is 66.7 Å². The molecule has 3 rings (SSSR count). The standard InChI is InChI=1S/C25H28N2O4/c1-27(17-20-14-15-22(29-2)24(31-4)23(20)30-3)16-18-10-12-19(13-11-18)25(28)26-21-8-6-5-7-9-21/h5-15H,16-17H2,1-4H3,(H,26,28). The molecule has 0 saturated carbocycles. The van der Waals surface area contributed by atoms with Crippen LogP contribution in [0.5, 0.6) is 17.2 Å². The summed E-state index contributed by atoms with van der Waals surface area (Å²) in [7, 11) is 6.86. The Kier molecular flexibility index (Phi) is 7.51. The number of amides is 1. The number of para-hydroxylation sites is 1. The zero-order valence-corrected chi connectivity index (χ0v) is 18.3. The maximum Gasteiger partial charge on any atom is 0.255 e. The van der Waals surface area contributed by atoms with Crippen molar-refractivity contribution in [3.8, 4) is 17.2 Å². The minimum atomic E-state index is -0.124. The summed E-state index contributed by atoms with van der Waals surface area (Å²) in [6, 6.07) is 20.9. The topological polar surface area (TPSA) is 60.0 Å². The van der Waals surface area contributed by atoms with Gasteiger partial charge in [0.2, 0.25) is 5.75 Å². The number of rotatable bonds is 9. The monoisotopic (exact) mass is 420 g/mol. The minimum absolute atomic E-state index is 0.124. The van der Waals surface area contributed by atoms with Gasteiger partial charge in [-0.05, 0) is 42.9 Å². The van der Waals surface area contributed by atoms with E-state index in [4.69, 9.17) is 14.2 Å². The highest BCUT2D eigenvalue weighted by atomic mass is 16.5. The van der Waals surface area contributed by atoms with E-state index in [1.165, 1.54) is 0 Å². The molecule has 0 spiro atoms.